The molecule has 1 fully saturated rings. The van der Waals surface area contributed by atoms with Crippen molar-refractivity contribution in [2.45, 2.75) is 30.6 Å². The predicted octanol–water partition coefficient (Wildman–Crippen LogP) is 1.32. The minimum Gasteiger partial charge on any atom is -0.481 e. The number of aliphatic carboxylic acids is 2. The molecule has 0 aromatic rings. The van der Waals surface area contributed by atoms with E-state index < -0.39 is 22.7 Å². The summed E-state index contributed by atoms with van der Waals surface area (Å²) in [7, 11) is 0. The third-order valence-electron chi connectivity index (χ3n) is 2.43. The summed E-state index contributed by atoms with van der Waals surface area (Å²) < 4.78 is 0. The van der Waals surface area contributed by atoms with Crippen molar-refractivity contribution < 1.29 is 19.8 Å². The Bertz CT molecular complexity index is 240. The second-order valence-corrected chi connectivity index (χ2v) is 4.13. The minimum atomic E-state index is -1.36. The van der Waals surface area contributed by atoms with Crippen LogP contribution in [-0.4, -0.2) is 27.0 Å². The van der Waals surface area contributed by atoms with Gasteiger partial charge in [0.2, 0.25) is 0 Å². The Kier molecular flexibility index (Phi) is 2.81. The van der Waals surface area contributed by atoms with Gasteiger partial charge < -0.3 is 10.2 Å². The number of carboxylic acid groups (broad SMARTS) is 2. The van der Waals surface area contributed by atoms with Crippen LogP contribution in [0.15, 0.2) is 0 Å². The average Bonchev–Trinajstić information content (AvgIpc) is 2.04. The van der Waals surface area contributed by atoms with E-state index in [0.29, 0.717) is 19.3 Å². The molecule has 5 heteroatoms. The van der Waals surface area contributed by atoms with Crippen molar-refractivity contribution in [3.05, 3.63) is 0 Å². The summed E-state index contributed by atoms with van der Waals surface area (Å²) in [6.07, 6.45) is 1.47. The van der Waals surface area contributed by atoms with Gasteiger partial charge in [0.25, 0.3) is 0 Å². The molecule has 1 rings (SSSR count). The van der Waals surface area contributed by atoms with E-state index in [1.807, 2.05) is 0 Å². The summed E-state index contributed by atoms with van der Waals surface area (Å²) >= 11 is 5.79. The summed E-state index contributed by atoms with van der Waals surface area (Å²) in [5, 5.41) is 17.5. The zero-order valence-electron chi connectivity index (χ0n) is 6.99. The maximum atomic E-state index is 10.7. The number of hydrogen-bond acceptors (Lipinski definition) is 2. The van der Waals surface area contributed by atoms with Gasteiger partial charge in [-0.2, -0.15) is 0 Å². The number of carboxylic acids is 2. The van der Waals surface area contributed by atoms with E-state index in [9.17, 15) is 9.59 Å². The first kappa shape index (κ1) is 10.3. The van der Waals surface area contributed by atoms with Crippen LogP contribution in [0.5, 0.6) is 0 Å². The first-order valence-electron chi connectivity index (χ1n) is 4.11. The van der Waals surface area contributed by atoms with Crippen LogP contribution in [0.2, 0.25) is 0 Å². The van der Waals surface area contributed by atoms with Crippen LogP contribution in [0, 0.1) is 5.92 Å². The minimum absolute atomic E-state index is 0.0270. The number of rotatable bonds is 2. The molecule has 4 nitrogen and oxygen atoms in total. The van der Waals surface area contributed by atoms with E-state index in [1.165, 1.54) is 0 Å². The normalized spacial score (nSPS) is 34.1. The highest BCUT2D eigenvalue weighted by Crippen LogP contribution is 2.37. The standard InChI is InChI=1S/C8H11ClO4/c9-8(7(12)13)3-1-2-5(4-8)6(10)11/h5H,1-4H2,(H,10,11)(H,12,13). The van der Waals surface area contributed by atoms with Crippen LogP contribution in [-0.2, 0) is 9.59 Å². The third-order valence-corrected chi connectivity index (χ3v) is 2.93. The Labute approximate surface area is 80.5 Å². The smallest absolute Gasteiger partial charge is 0.324 e. The molecule has 2 unspecified atom stereocenters. The maximum absolute atomic E-state index is 10.7. The largest absolute Gasteiger partial charge is 0.481 e. The SMILES string of the molecule is O=C(O)C1CCCC(Cl)(C(=O)O)C1. The van der Waals surface area contributed by atoms with E-state index in [-0.39, 0.29) is 6.42 Å². The van der Waals surface area contributed by atoms with Crippen molar-refractivity contribution in [3.63, 3.8) is 0 Å². The quantitative estimate of drug-likeness (QED) is 0.669. The second kappa shape index (κ2) is 3.54. The highest BCUT2D eigenvalue weighted by atomic mass is 35.5. The second-order valence-electron chi connectivity index (χ2n) is 3.40. The lowest BCUT2D eigenvalue weighted by atomic mass is 9.81. The first-order valence-corrected chi connectivity index (χ1v) is 4.48. The maximum Gasteiger partial charge on any atom is 0.324 e. The van der Waals surface area contributed by atoms with Crippen molar-refractivity contribution >= 4 is 23.5 Å². The van der Waals surface area contributed by atoms with Crippen molar-refractivity contribution in [1.82, 2.24) is 0 Å². The molecule has 0 aliphatic heterocycles. The lowest BCUT2D eigenvalue weighted by Crippen LogP contribution is -2.39. The van der Waals surface area contributed by atoms with Crippen molar-refractivity contribution in [2.24, 2.45) is 5.92 Å². The highest BCUT2D eigenvalue weighted by molar-refractivity contribution is 6.33. The molecule has 0 aromatic heterocycles. The van der Waals surface area contributed by atoms with Gasteiger partial charge in [0.05, 0.1) is 5.92 Å². The van der Waals surface area contributed by atoms with E-state index in [0.717, 1.165) is 0 Å². The van der Waals surface area contributed by atoms with Crippen LogP contribution >= 0.6 is 11.6 Å². The Balaban J connectivity index is 2.71. The number of halogens is 1. The van der Waals surface area contributed by atoms with Gasteiger partial charge in [0, 0.05) is 0 Å². The Morgan fingerprint density at radius 2 is 2.00 bits per heavy atom. The third kappa shape index (κ3) is 2.12. The monoisotopic (exact) mass is 206 g/mol. The molecule has 0 aromatic carbocycles. The zero-order valence-corrected chi connectivity index (χ0v) is 7.75. The van der Waals surface area contributed by atoms with E-state index in [4.69, 9.17) is 21.8 Å². The predicted molar refractivity (Wildman–Crippen MR) is 45.8 cm³/mol. The molecule has 0 bridgehead atoms. The van der Waals surface area contributed by atoms with Crippen molar-refractivity contribution in [3.8, 4) is 0 Å². The highest BCUT2D eigenvalue weighted by Gasteiger charge is 2.43. The van der Waals surface area contributed by atoms with Gasteiger partial charge in [-0.15, -0.1) is 11.6 Å². The molecule has 1 aliphatic carbocycles. The topological polar surface area (TPSA) is 74.6 Å². The van der Waals surface area contributed by atoms with Crippen LogP contribution in [0.4, 0.5) is 0 Å². The molecule has 2 atom stereocenters. The summed E-state index contributed by atoms with van der Waals surface area (Å²) in [6.45, 7) is 0. The molecule has 0 radical (unpaired) electrons. The van der Waals surface area contributed by atoms with Gasteiger partial charge >= 0.3 is 11.9 Å². The van der Waals surface area contributed by atoms with Gasteiger partial charge in [-0.05, 0) is 19.3 Å². The molecule has 0 saturated heterocycles. The molecule has 2 N–H and O–H groups in total. The van der Waals surface area contributed by atoms with Crippen molar-refractivity contribution in [1.29, 1.82) is 0 Å². The molecule has 13 heavy (non-hydrogen) atoms. The fraction of sp³-hybridized carbons (Fsp3) is 0.750. The molecule has 1 saturated carbocycles. The molecular formula is C8H11ClO4. The van der Waals surface area contributed by atoms with E-state index >= 15 is 0 Å². The molecular weight excluding hydrogens is 196 g/mol. The van der Waals surface area contributed by atoms with Gasteiger partial charge in [-0.1, -0.05) is 6.42 Å². The Morgan fingerprint density at radius 1 is 1.38 bits per heavy atom. The van der Waals surface area contributed by atoms with Crippen LogP contribution in [0.25, 0.3) is 0 Å². The number of carbonyl (C=O) groups is 2. The van der Waals surface area contributed by atoms with Gasteiger partial charge in [-0.25, -0.2) is 0 Å². The van der Waals surface area contributed by atoms with E-state index in [2.05, 4.69) is 0 Å². The van der Waals surface area contributed by atoms with Crippen LogP contribution < -0.4 is 0 Å². The lowest BCUT2D eigenvalue weighted by molar-refractivity contribution is -0.146. The molecule has 1 aliphatic rings. The first-order chi connectivity index (χ1) is 5.96. The molecule has 0 spiro atoms. The summed E-state index contributed by atoms with van der Waals surface area (Å²) in [4.78, 5) is 20.0. The fourth-order valence-corrected chi connectivity index (χ4v) is 1.95. The number of hydrogen-bond donors (Lipinski definition) is 2. The van der Waals surface area contributed by atoms with Crippen LogP contribution in [0.3, 0.4) is 0 Å². The van der Waals surface area contributed by atoms with E-state index in [1.54, 1.807) is 0 Å². The molecule has 0 heterocycles. The summed E-state index contributed by atoms with van der Waals surface area (Å²) in [6, 6.07) is 0. The fourth-order valence-electron chi connectivity index (χ4n) is 1.63. The molecule has 0 amide bonds. The van der Waals surface area contributed by atoms with Crippen molar-refractivity contribution in [2.75, 3.05) is 0 Å². The number of alkyl halides is 1. The summed E-state index contributed by atoms with van der Waals surface area (Å²) in [5.41, 5.74) is 0. The van der Waals surface area contributed by atoms with Gasteiger partial charge in [-0.3, -0.25) is 9.59 Å². The lowest BCUT2D eigenvalue weighted by Gasteiger charge is -2.30. The molecule has 74 valence electrons. The van der Waals surface area contributed by atoms with Gasteiger partial charge in [0.1, 0.15) is 4.87 Å². The summed E-state index contributed by atoms with van der Waals surface area (Å²) in [5.74, 6) is -2.67. The van der Waals surface area contributed by atoms with Crippen LogP contribution in [0.1, 0.15) is 25.7 Å². The Morgan fingerprint density at radius 3 is 2.46 bits per heavy atom. The zero-order chi connectivity index (χ0) is 10.1. The Hall–Kier alpha value is -0.770. The average molecular weight is 207 g/mol. The van der Waals surface area contributed by atoms with Gasteiger partial charge in [0.15, 0.2) is 0 Å².